The molecule has 0 aromatic heterocycles. The van der Waals surface area contributed by atoms with E-state index in [0.717, 1.165) is 31.6 Å². The van der Waals surface area contributed by atoms with Crippen LogP contribution in [0, 0.1) is 0 Å². The van der Waals surface area contributed by atoms with E-state index in [1.807, 2.05) is 24.3 Å². The molecular formula is C14H21NO2. The maximum atomic E-state index is 11.4. The lowest BCUT2D eigenvalue weighted by molar-refractivity contribution is -0.121. The van der Waals surface area contributed by atoms with Crippen molar-refractivity contribution in [1.29, 1.82) is 0 Å². The molecule has 3 nitrogen and oxygen atoms in total. The molecule has 1 N–H and O–H groups in total. The monoisotopic (exact) mass is 235 g/mol. The Balaban J connectivity index is 2.23. The first-order chi connectivity index (χ1) is 8.26. The molecule has 0 bridgehead atoms. The molecule has 0 heterocycles. The van der Waals surface area contributed by atoms with Gasteiger partial charge >= 0.3 is 0 Å². The van der Waals surface area contributed by atoms with Gasteiger partial charge in [-0.05, 0) is 37.0 Å². The third-order valence-corrected chi connectivity index (χ3v) is 2.60. The molecule has 1 aromatic carbocycles. The normalized spacial score (nSPS) is 10.0. The van der Waals surface area contributed by atoms with Crippen LogP contribution in [0.5, 0.6) is 5.75 Å². The summed E-state index contributed by atoms with van der Waals surface area (Å²) in [4.78, 5) is 11.4. The van der Waals surface area contributed by atoms with Crippen LogP contribution in [0.3, 0.4) is 0 Å². The number of hydrogen-bond donors (Lipinski definition) is 1. The van der Waals surface area contributed by atoms with E-state index in [4.69, 9.17) is 4.74 Å². The molecule has 0 spiro atoms. The summed E-state index contributed by atoms with van der Waals surface area (Å²) < 4.78 is 5.09. The van der Waals surface area contributed by atoms with Crippen LogP contribution in [0.4, 0.5) is 0 Å². The summed E-state index contributed by atoms with van der Waals surface area (Å²) in [7, 11) is 1.66. The van der Waals surface area contributed by atoms with E-state index < -0.39 is 0 Å². The lowest BCUT2D eigenvalue weighted by Crippen LogP contribution is -2.23. The number of methoxy groups -OCH3 is 1. The minimum atomic E-state index is 0.153. The number of rotatable bonds is 7. The molecule has 1 aromatic rings. The highest BCUT2D eigenvalue weighted by atomic mass is 16.5. The van der Waals surface area contributed by atoms with Crippen LogP contribution in [0.1, 0.15) is 31.7 Å². The van der Waals surface area contributed by atoms with Gasteiger partial charge in [0, 0.05) is 13.0 Å². The Morgan fingerprint density at radius 3 is 2.59 bits per heavy atom. The van der Waals surface area contributed by atoms with E-state index in [9.17, 15) is 4.79 Å². The summed E-state index contributed by atoms with van der Waals surface area (Å²) in [6.07, 6.45) is 3.42. The highest BCUT2D eigenvalue weighted by molar-refractivity contribution is 5.75. The molecule has 1 amide bonds. The van der Waals surface area contributed by atoms with Crippen LogP contribution in [0.2, 0.25) is 0 Å². The first-order valence-corrected chi connectivity index (χ1v) is 6.16. The summed E-state index contributed by atoms with van der Waals surface area (Å²) in [5, 5.41) is 2.88. The van der Waals surface area contributed by atoms with Crippen LogP contribution < -0.4 is 10.1 Å². The number of carbonyl (C=O) groups is 1. The molecule has 1 rings (SSSR count). The van der Waals surface area contributed by atoms with Crippen molar-refractivity contribution in [3.63, 3.8) is 0 Å². The molecule has 0 saturated heterocycles. The number of aryl methyl sites for hydroxylation is 1. The van der Waals surface area contributed by atoms with E-state index in [-0.39, 0.29) is 5.91 Å². The molecule has 94 valence electrons. The van der Waals surface area contributed by atoms with Gasteiger partial charge in [0.2, 0.25) is 5.91 Å². The Morgan fingerprint density at radius 1 is 1.29 bits per heavy atom. The number of benzene rings is 1. The predicted molar refractivity (Wildman–Crippen MR) is 69.2 cm³/mol. The van der Waals surface area contributed by atoms with Gasteiger partial charge < -0.3 is 10.1 Å². The zero-order chi connectivity index (χ0) is 12.5. The summed E-state index contributed by atoms with van der Waals surface area (Å²) in [5.41, 5.74) is 1.24. The fraction of sp³-hybridized carbons (Fsp3) is 0.500. The first kappa shape index (κ1) is 13.6. The van der Waals surface area contributed by atoms with Gasteiger partial charge in [0.05, 0.1) is 7.11 Å². The molecule has 0 fully saturated rings. The molecule has 0 atom stereocenters. The SMILES string of the molecule is CCCNC(=O)CCCc1ccc(OC)cc1. The minimum Gasteiger partial charge on any atom is -0.497 e. The third kappa shape index (κ3) is 5.38. The van der Waals surface area contributed by atoms with Crippen molar-refractivity contribution < 1.29 is 9.53 Å². The third-order valence-electron chi connectivity index (χ3n) is 2.60. The standard InChI is InChI=1S/C14H21NO2/c1-3-11-15-14(16)6-4-5-12-7-9-13(17-2)10-8-12/h7-10H,3-6,11H2,1-2H3,(H,15,16). The molecule has 0 aliphatic heterocycles. The van der Waals surface area contributed by atoms with Crippen molar-refractivity contribution in [3.8, 4) is 5.75 Å². The van der Waals surface area contributed by atoms with Gasteiger partial charge in [-0.1, -0.05) is 19.1 Å². The van der Waals surface area contributed by atoms with Gasteiger partial charge in [0.25, 0.3) is 0 Å². The maximum Gasteiger partial charge on any atom is 0.220 e. The zero-order valence-electron chi connectivity index (χ0n) is 10.7. The largest absolute Gasteiger partial charge is 0.497 e. The van der Waals surface area contributed by atoms with Gasteiger partial charge in [-0.2, -0.15) is 0 Å². The predicted octanol–water partition coefficient (Wildman–Crippen LogP) is 2.54. The number of amides is 1. The molecule has 0 aliphatic rings. The van der Waals surface area contributed by atoms with Crippen LogP contribution in [-0.4, -0.2) is 19.6 Å². The van der Waals surface area contributed by atoms with Gasteiger partial charge in [0.1, 0.15) is 5.75 Å². The van der Waals surface area contributed by atoms with Crippen molar-refractivity contribution in [1.82, 2.24) is 5.32 Å². The van der Waals surface area contributed by atoms with E-state index >= 15 is 0 Å². The number of nitrogens with one attached hydrogen (secondary N) is 1. The van der Waals surface area contributed by atoms with Crippen molar-refractivity contribution >= 4 is 5.91 Å². The van der Waals surface area contributed by atoms with Gasteiger partial charge in [-0.25, -0.2) is 0 Å². The fourth-order valence-electron chi connectivity index (χ4n) is 1.60. The van der Waals surface area contributed by atoms with Crippen molar-refractivity contribution in [2.45, 2.75) is 32.6 Å². The van der Waals surface area contributed by atoms with Crippen molar-refractivity contribution in [3.05, 3.63) is 29.8 Å². The fourth-order valence-corrected chi connectivity index (χ4v) is 1.60. The number of ether oxygens (including phenoxy) is 1. The summed E-state index contributed by atoms with van der Waals surface area (Å²) in [5.74, 6) is 1.02. The second kappa shape index (κ2) is 7.71. The summed E-state index contributed by atoms with van der Waals surface area (Å²) >= 11 is 0. The van der Waals surface area contributed by atoms with Crippen molar-refractivity contribution in [2.24, 2.45) is 0 Å². The van der Waals surface area contributed by atoms with Gasteiger partial charge in [0.15, 0.2) is 0 Å². The average molecular weight is 235 g/mol. The lowest BCUT2D eigenvalue weighted by atomic mass is 10.1. The molecule has 0 radical (unpaired) electrons. The van der Waals surface area contributed by atoms with Gasteiger partial charge in [-0.15, -0.1) is 0 Å². The highest BCUT2D eigenvalue weighted by Gasteiger charge is 2.00. The van der Waals surface area contributed by atoms with Crippen LogP contribution >= 0.6 is 0 Å². The molecule has 3 heteroatoms. The van der Waals surface area contributed by atoms with E-state index in [1.54, 1.807) is 7.11 Å². The molecule has 0 saturated carbocycles. The van der Waals surface area contributed by atoms with E-state index in [1.165, 1.54) is 5.56 Å². The minimum absolute atomic E-state index is 0.153. The Kier molecular flexibility index (Phi) is 6.15. The zero-order valence-corrected chi connectivity index (χ0v) is 10.7. The topological polar surface area (TPSA) is 38.3 Å². The Bertz CT molecular complexity index is 333. The smallest absolute Gasteiger partial charge is 0.220 e. The summed E-state index contributed by atoms with van der Waals surface area (Å²) in [6.45, 7) is 2.83. The first-order valence-electron chi connectivity index (χ1n) is 6.16. The average Bonchev–Trinajstić information content (AvgIpc) is 2.37. The molecule has 0 aliphatic carbocycles. The van der Waals surface area contributed by atoms with Crippen LogP contribution in [-0.2, 0) is 11.2 Å². The van der Waals surface area contributed by atoms with Crippen LogP contribution in [0.15, 0.2) is 24.3 Å². The van der Waals surface area contributed by atoms with E-state index in [2.05, 4.69) is 12.2 Å². The van der Waals surface area contributed by atoms with Gasteiger partial charge in [-0.3, -0.25) is 4.79 Å². The quantitative estimate of drug-likeness (QED) is 0.788. The van der Waals surface area contributed by atoms with E-state index in [0.29, 0.717) is 6.42 Å². The number of hydrogen-bond acceptors (Lipinski definition) is 2. The lowest BCUT2D eigenvalue weighted by Gasteiger charge is -2.04. The van der Waals surface area contributed by atoms with Crippen molar-refractivity contribution in [2.75, 3.05) is 13.7 Å². The highest BCUT2D eigenvalue weighted by Crippen LogP contribution is 2.13. The maximum absolute atomic E-state index is 11.4. The molecule has 0 unspecified atom stereocenters. The molecular weight excluding hydrogens is 214 g/mol. The number of carbonyl (C=O) groups excluding carboxylic acids is 1. The summed E-state index contributed by atoms with van der Waals surface area (Å²) in [6, 6.07) is 7.99. The molecule has 17 heavy (non-hydrogen) atoms. The second-order valence-corrected chi connectivity index (χ2v) is 4.05. The second-order valence-electron chi connectivity index (χ2n) is 4.05. The van der Waals surface area contributed by atoms with Crippen LogP contribution in [0.25, 0.3) is 0 Å². The Morgan fingerprint density at radius 2 is 2.00 bits per heavy atom. The Hall–Kier alpha value is -1.51. The Labute approximate surface area is 103 Å².